The van der Waals surface area contributed by atoms with Gasteiger partial charge in [-0.3, -0.25) is 5.32 Å². The zero-order valence-electron chi connectivity index (χ0n) is 36.2. The fourth-order valence-corrected chi connectivity index (χ4v) is 7.56. The molecule has 4 aromatic rings. The average molecular weight is 847 g/mol. The van der Waals surface area contributed by atoms with E-state index in [1.807, 2.05) is 48.5 Å². The smallest absolute Gasteiger partial charge is 0.413 e. The fourth-order valence-electron chi connectivity index (χ4n) is 5.53. The van der Waals surface area contributed by atoms with Crippen molar-refractivity contribution in [2.45, 2.75) is 123 Å². The number of nitrogens with two attached hydrogens (primary N) is 1. The number of carbonyl (C=O) groups excluding carboxylic acids is 1. The maximum Gasteiger partial charge on any atom is 0.413 e. The Morgan fingerprint density at radius 1 is 0.695 bits per heavy atom. The lowest BCUT2D eigenvalue weighted by molar-refractivity contribution is 0.0949. The molecule has 6 rings (SSSR count). The van der Waals surface area contributed by atoms with E-state index in [-0.39, 0.29) is 29.7 Å². The molecule has 0 aromatic carbocycles. The number of rotatable bonds is 8. The molecular weight excluding hydrogens is 777 g/mol. The lowest BCUT2D eigenvalue weighted by Gasteiger charge is -2.36. The van der Waals surface area contributed by atoms with E-state index < -0.39 is 22.7 Å². The van der Waals surface area contributed by atoms with E-state index in [1.54, 1.807) is 36.9 Å². The number of aliphatic hydroxyl groups excluding tert-OH is 1. The molecule has 0 unspecified atom stereocenters. The van der Waals surface area contributed by atoms with Crippen LogP contribution in [-0.4, -0.2) is 86.2 Å². The zero-order chi connectivity index (χ0) is 42.6. The van der Waals surface area contributed by atoms with Gasteiger partial charge in [-0.15, -0.1) is 0 Å². The second-order valence-electron chi connectivity index (χ2n) is 17.8. The van der Waals surface area contributed by atoms with Gasteiger partial charge in [-0.1, -0.05) is 61.1 Å². The van der Waals surface area contributed by atoms with Crippen molar-refractivity contribution in [2.24, 2.45) is 0 Å². The van der Waals surface area contributed by atoms with Crippen LogP contribution in [0.3, 0.4) is 0 Å². The number of hydrogen-bond acceptors (Lipinski definition) is 12. The molecule has 1 amide bonds. The lowest BCUT2D eigenvalue weighted by Crippen LogP contribution is -2.43. The molecule has 4 aromatic heterocycles. The number of nitrogens with zero attached hydrogens (tertiary/aromatic N) is 6. The summed E-state index contributed by atoms with van der Waals surface area (Å²) in [5.41, 5.74) is 5.52. The van der Waals surface area contributed by atoms with E-state index in [1.165, 1.54) is 0 Å². The molecular formula is C44H70N8O5Si2. The number of aromatic nitrogens is 4. The van der Waals surface area contributed by atoms with Crippen LogP contribution in [0.2, 0.25) is 36.3 Å². The number of ether oxygens (including phenoxy) is 1. The van der Waals surface area contributed by atoms with Crippen molar-refractivity contribution >= 4 is 46.0 Å². The average Bonchev–Trinajstić information content (AvgIpc) is 3.17. The third kappa shape index (κ3) is 15.4. The van der Waals surface area contributed by atoms with Gasteiger partial charge in [0.05, 0.1) is 18.5 Å². The van der Waals surface area contributed by atoms with Crippen LogP contribution in [-0.2, 0) is 4.74 Å². The summed E-state index contributed by atoms with van der Waals surface area (Å²) in [4.78, 5) is 33.6. The minimum atomic E-state index is -1.92. The predicted molar refractivity (Wildman–Crippen MR) is 247 cm³/mol. The summed E-state index contributed by atoms with van der Waals surface area (Å²) < 4.78 is 17.8. The Labute approximate surface area is 355 Å². The van der Waals surface area contributed by atoms with E-state index in [2.05, 4.69) is 103 Å². The van der Waals surface area contributed by atoms with Gasteiger partial charge in [0, 0.05) is 51.4 Å². The highest BCUT2D eigenvalue weighted by molar-refractivity contribution is 6.75. The largest absolute Gasteiger partial charge is 0.542 e. The van der Waals surface area contributed by atoms with Crippen molar-refractivity contribution < 1.29 is 23.5 Å². The molecule has 324 valence electrons. The maximum atomic E-state index is 12.3. The summed E-state index contributed by atoms with van der Waals surface area (Å²) in [6, 6.07) is 19.0. The Hall–Kier alpha value is -4.74. The minimum Gasteiger partial charge on any atom is -0.542 e. The van der Waals surface area contributed by atoms with Crippen LogP contribution in [0.25, 0.3) is 0 Å². The molecule has 2 aliphatic heterocycles. The molecule has 59 heavy (non-hydrogen) atoms. The molecule has 0 atom stereocenters. The van der Waals surface area contributed by atoms with E-state index in [9.17, 15) is 9.90 Å². The van der Waals surface area contributed by atoms with E-state index in [4.69, 9.17) is 19.3 Å². The number of piperidine rings is 2. The Bertz CT molecular complexity index is 1810. The van der Waals surface area contributed by atoms with Gasteiger partial charge >= 0.3 is 6.09 Å². The fraction of sp³-hybridized carbons (Fsp3) is 0.523. The molecule has 6 heterocycles. The molecule has 4 N–H and O–H groups in total. The topological polar surface area (TPSA) is 161 Å². The van der Waals surface area contributed by atoms with Crippen LogP contribution in [0.4, 0.5) is 28.1 Å². The van der Waals surface area contributed by atoms with Gasteiger partial charge in [-0.25, -0.2) is 24.7 Å². The van der Waals surface area contributed by atoms with Gasteiger partial charge in [0.15, 0.2) is 0 Å². The van der Waals surface area contributed by atoms with Crippen LogP contribution in [0.15, 0.2) is 85.5 Å². The second-order valence-corrected chi connectivity index (χ2v) is 27.3. The lowest BCUT2D eigenvalue weighted by atomic mass is 10.1. The van der Waals surface area contributed by atoms with Gasteiger partial charge < -0.3 is 34.2 Å². The first-order valence-electron chi connectivity index (χ1n) is 20.3. The van der Waals surface area contributed by atoms with E-state index in [0.717, 1.165) is 75.0 Å². The first kappa shape index (κ1) is 48.6. The highest BCUT2D eigenvalue weighted by Crippen LogP contribution is 2.38. The molecule has 0 aliphatic carbocycles. The van der Waals surface area contributed by atoms with Crippen LogP contribution >= 0.6 is 0 Å². The summed E-state index contributed by atoms with van der Waals surface area (Å²) in [5.74, 6) is 4.50. The Morgan fingerprint density at radius 3 is 1.54 bits per heavy atom. The van der Waals surface area contributed by atoms with E-state index in [0.29, 0.717) is 11.6 Å². The highest BCUT2D eigenvalue weighted by atomic mass is 28.4. The number of nitrogens with one attached hydrogen (secondary N) is 1. The second kappa shape index (κ2) is 21.5. The molecule has 0 saturated carbocycles. The number of amides is 1. The number of carbonyl (C=O) groups is 1. The molecule has 13 nitrogen and oxygen atoms in total. The van der Waals surface area contributed by atoms with Gasteiger partial charge in [0.1, 0.15) is 40.9 Å². The van der Waals surface area contributed by atoms with Crippen molar-refractivity contribution in [1.82, 2.24) is 19.9 Å². The van der Waals surface area contributed by atoms with Crippen LogP contribution in [0.5, 0.6) is 11.5 Å². The van der Waals surface area contributed by atoms with E-state index >= 15 is 0 Å². The molecule has 0 spiro atoms. The third-order valence-electron chi connectivity index (χ3n) is 11.2. The molecule has 15 heteroatoms. The Balaban J connectivity index is 0.000000267. The number of pyridine rings is 4. The normalized spacial score (nSPS) is 15.3. The van der Waals surface area contributed by atoms with Crippen molar-refractivity contribution in [1.29, 1.82) is 0 Å². The summed E-state index contributed by atoms with van der Waals surface area (Å²) >= 11 is 0. The predicted octanol–water partition coefficient (Wildman–Crippen LogP) is 9.80. The summed E-state index contributed by atoms with van der Waals surface area (Å²) in [6.45, 7) is 25.5. The highest BCUT2D eigenvalue weighted by Gasteiger charge is 2.40. The summed E-state index contributed by atoms with van der Waals surface area (Å²) in [5, 5.41) is 12.4. The molecule has 2 fully saturated rings. The van der Waals surface area contributed by atoms with Crippen molar-refractivity contribution in [2.75, 3.05) is 47.0 Å². The molecule has 2 aliphatic rings. The maximum absolute atomic E-state index is 12.3. The molecule has 0 bridgehead atoms. The first-order chi connectivity index (χ1) is 27.2. The number of hydrogen-bond donors (Lipinski definition) is 3. The quantitative estimate of drug-likeness (QED) is 0.144. The number of nitrogen functional groups attached to an aromatic ring is 1. The SMILES string of the molecule is C.CC(C)(C)[Si](C)(C)Oc1ccc(N)nc1.CC(C)(C)[Si](C)(C)Oc1ccc(NC(=O)OC2CCN(c3ccccn3)CC2)nc1.OC1CCN(c2ccccn2)CC1. The molecule has 2 saturated heterocycles. The van der Waals surface area contributed by atoms with Gasteiger partial charge in [0.25, 0.3) is 16.6 Å². The first-order valence-corrected chi connectivity index (χ1v) is 26.1. The van der Waals surface area contributed by atoms with Gasteiger partial charge in [-0.2, -0.15) is 0 Å². The monoisotopic (exact) mass is 847 g/mol. The summed E-state index contributed by atoms with van der Waals surface area (Å²) in [6.07, 6.45) is 9.52. The molecule has 0 radical (unpaired) electrons. The van der Waals surface area contributed by atoms with Crippen molar-refractivity contribution in [3.63, 3.8) is 0 Å². The number of anilines is 4. The summed E-state index contributed by atoms with van der Waals surface area (Å²) in [7, 11) is -3.66. The van der Waals surface area contributed by atoms with Gasteiger partial charge in [0.2, 0.25) is 0 Å². The van der Waals surface area contributed by atoms with Gasteiger partial charge in [-0.05, 0) is 97.6 Å². The standard InChI is InChI=1S/C22H32N4O3Si.C11H20N2OSi.C10H14N2O.CH4/c1-22(2,3)30(4,5)29-18-9-10-19(24-16-18)25-21(27)28-17-11-14-26(15-12-17)20-8-6-7-13-23-20;1-11(2,3)15(4,5)14-9-6-7-10(12)13-8-9;13-9-4-7-12(8-5-9)10-3-1-2-6-11-10;/h6-10,13,16-17H,11-12,14-15H2,1-5H3,(H,24,25,27);6-8H,1-5H3,(H2,12,13);1-3,6,9,13H,4-5,7-8H2;1H4. The van der Waals surface area contributed by atoms with Crippen LogP contribution in [0, 0.1) is 0 Å². The van der Waals surface area contributed by atoms with Crippen LogP contribution in [0.1, 0.15) is 74.7 Å². The van der Waals surface area contributed by atoms with Crippen molar-refractivity contribution in [3.05, 3.63) is 85.5 Å². The minimum absolute atomic E-state index is 0. The Morgan fingerprint density at radius 2 is 1.15 bits per heavy atom. The van der Waals surface area contributed by atoms with Crippen molar-refractivity contribution in [3.8, 4) is 11.5 Å². The zero-order valence-corrected chi connectivity index (χ0v) is 38.2. The number of aliphatic hydroxyl groups is 1. The third-order valence-corrected chi connectivity index (χ3v) is 19.9. The Kier molecular flexibility index (Phi) is 17.7. The van der Waals surface area contributed by atoms with Crippen LogP contribution < -0.4 is 29.7 Å².